The Morgan fingerprint density at radius 1 is 1.21 bits per heavy atom. The predicted molar refractivity (Wildman–Crippen MR) is 84.6 cm³/mol. The second-order valence-electron chi connectivity index (χ2n) is 5.32. The summed E-state index contributed by atoms with van der Waals surface area (Å²) < 4.78 is 24.6. The number of ether oxygens (including phenoxy) is 1. The molecule has 1 aromatic heterocycles. The Morgan fingerprint density at radius 2 is 1.96 bits per heavy atom. The molecule has 0 saturated heterocycles. The molecule has 2 aromatic carbocycles. The molecule has 1 atom stereocenters. The zero-order chi connectivity index (χ0) is 17.1. The van der Waals surface area contributed by atoms with Gasteiger partial charge in [-0.05, 0) is 49.7 Å². The third-order valence-electron chi connectivity index (χ3n) is 3.52. The topological polar surface area (TPSA) is 71.9 Å². The summed E-state index contributed by atoms with van der Waals surface area (Å²) in [6.07, 6.45) is -0.477. The van der Waals surface area contributed by atoms with Crippen molar-refractivity contribution in [1.82, 2.24) is 10.1 Å². The van der Waals surface area contributed by atoms with E-state index in [2.05, 4.69) is 10.1 Å². The summed E-state index contributed by atoms with van der Waals surface area (Å²) in [5.74, 6) is 0.859. The highest BCUT2D eigenvalue weighted by Gasteiger charge is 2.17. The van der Waals surface area contributed by atoms with Gasteiger partial charge >= 0.3 is 0 Å². The second kappa shape index (κ2) is 6.50. The van der Waals surface area contributed by atoms with Crippen molar-refractivity contribution >= 4 is 0 Å². The van der Waals surface area contributed by atoms with Crippen molar-refractivity contribution in [2.45, 2.75) is 20.0 Å². The maximum atomic E-state index is 13.6. The Kier molecular flexibility index (Phi) is 4.25. The van der Waals surface area contributed by atoms with E-state index in [0.29, 0.717) is 28.3 Å². The summed E-state index contributed by atoms with van der Waals surface area (Å²) in [5, 5.41) is 12.7. The number of rotatable bonds is 4. The fraction of sp³-hybridized carbons (Fsp3) is 0.167. The lowest BCUT2D eigenvalue weighted by atomic mass is 10.1. The summed E-state index contributed by atoms with van der Waals surface area (Å²) in [5.41, 5.74) is 1.65. The monoisotopic (exact) mass is 323 g/mol. The van der Waals surface area contributed by atoms with Crippen LogP contribution in [0.25, 0.3) is 11.4 Å². The zero-order valence-corrected chi connectivity index (χ0v) is 13.2. The lowest BCUT2D eigenvalue weighted by Gasteiger charge is -2.10. The highest BCUT2D eigenvalue weighted by molar-refractivity contribution is 5.55. The number of benzene rings is 2. The van der Waals surface area contributed by atoms with Gasteiger partial charge in [-0.2, -0.15) is 10.2 Å². The zero-order valence-electron chi connectivity index (χ0n) is 13.2. The third-order valence-corrected chi connectivity index (χ3v) is 3.52. The van der Waals surface area contributed by atoms with Gasteiger partial charge in [-0.1, -0.05) is 17.3 Å². The first kappa shape index (κ1) is 15.7. The Hall–Kier alpha value is -3.20. The Bertz CT molecular complexity index is 897. The van der Waals surface area contributed by atoms with Crippen LogP contribution in [0.2, 0.25) is 0 Å². The second-order valence-corrected chi connectivity index (χ2v) is 5.32. The average Bonchev–Trinajstić information content (AvgIpc) is 3.08. The average molecular weight is 323 g/mol. The minimum absolute atomic E-state index is 0.287. The number of nitriles is 1. The van der Waals surface area contributed by atoms with Crippen molar-refractivity contribution in [3.8, 4) is 23.2 Å². The molecular formula is C18H14FN3O2. The summed E-state index contributed by atoms with van der Waals surface area (Å²) >= 11 is 0. The van der Waals surface area contributed by atoms with Crippen LogP contribution >= 0.6 is 0 Å². The third kappa shape index (κ3) is 3.25. The molecule has 0 aliphatic heterocycles. The van der Waals surface area contributed by atoms with E-state index in [0.717, 1.165) is 0 Å². The van der Waals surface area contributed by atoms with Gasteiger partial charge < -0.3 is 9.26 Å². The first-order chi connectivity index (χ1) is 11.6. The maximum absolute atomic E-state index is 13.6. The molecule has 0 amide bonds. The van der Waals surface area contributed by atoms with Crippen LogP contribution in [0.1, 0.15) is 30.0 Å². The van der Waals surface area contributed by atoms with Crippen LogP contribution in [-0.2, 0) is 0 Å². The van der Waals surface area contributed by atoms with Crippen molar-refractivity contribution in [3.05, 3.63) is 65.3 Å². The Labute approximate surface area is 138 Å². The predicted octanol–water partition coefficient (Wildman–Crippen LogP) is 4.20. The molecule has 0 spiro atoms. The molecule has 0 radical (unpaired) electrons. The highest BCUT2D eigenvalue weighted by Crippen LogP contribution is 2.24. The minimum atomic E-state index is -0.477. The van der Waals surface area contributed by atoms with Crippen LogP contribution in [0.3, 0.4) is 0 Å². The molecule has 1 heterocycles. The van der Waals surface area contributed by atoms with Crippen LogP contribution in [0.4, 0.5) is 4.39 Å². The molecule has 24 heavy (non-hydrogen) atoms. The molecule has 3 rings (SSSR count). The molecule has 0 saturated carbocycles. The van der Waals surface area contributed by atoms with Crippen molar-refractivity contribution < 1.29 is 13.7 Å². The van der Waals surface area contributed by atoms with Gasteiger partial charge in [0.25, 0.3) is 5.89 Å². The summed E-state index contributed by atoms with van der Waals surface area (Å²) in [7, 11) is 0. The van der Waals surface area contributed by atoms with Crippen molar-refractivity contribution in [2.75, 3.05) is 0 Å². The number of aromatic nitrogens is 2. The maximum Gasteiger partial charge on any atom is 0.267 e. The summed E-state index contributed by atoms with van der Waals surface area (Å²) in [4.78, 5) is 4.26. The molecule has 6 heteroatoms. The molecule has 0 aliphatic carbocycles. The first-order valence-corrected chi connectivity index (χ1v) is 7.34. The fourth-order valence-corrected chi connectivity index (χ4v) is 2.11. The molecule has 0 bridgehead atoms. The highest BCUT2D eigenvalue weighted by atomic mass is 19.1. The van der Waals surface area contributed by atoms with Crippen LogP contribution < -0.4 is 4.74 Å². The largest absolute Gasteiger partial charge is 0.481 e. The van der Waals surface area contributed by atoms with Crippen molar-refractivity contribution in [1.29, 1.82) is 5.26 Å². The van der Waals surface area contributed by atoms with Gasteiger partial charge in [-0.15, -0.1) is 0 Å². The number of nitrogens with zero attached hydrogens (tertiary/aromatic N) is 3. The van der Waals surface area contributed by atoms with Gasteiger partial charge in [0.05, 0.1) is 11.6 Å². The quantitative estimate of drug-likeness (QED) is 0.719. The Morgan fingerprint density at radius 3 is 2.62 bits per heavy atom. The standard InChI is InChI=1S/C18H14FN3O2/c1-11-3-6-14(9-16(11)19)17-21-18(24-22-17)12(2)23-15-7-4-13(10-20)5-8-15/h3-9,12H,1-2H3/t12-/m1/s1. The summed E-state index contributed by atoms with van der Waals surface area (Å²) in [6.45, 7) is 3.46. The van der Waals surface area contributed by atoms with E-state index in [1.54, 1.807) is 50.2 Å². The number of aryl methyl sites for hydroxylation is 1. The lowest BCUT2D eigenvalue weighted by Crippen LogP contribution is -2.03. The van der Waals surface area contributed by atoms with Crippen molar-refractivity contribution in [3.63, 3.8) is 0 Å². The Balaban J connectivity index is 1.76. The molecule has 3 aromatic rings. The van der Waals surface area contributed by atoms with Gasteiger partial charge in [0.2, 0.25) is 5.82 Å². The number of hydrogen-bond donors (Lipinski definition) is 0. The van der Waals surface area contributed by atoms with Crippen LogP contribution in [0.15, 0.2) is 47.0 Å². The first-order valence-electron chi connectivity index (χ1n) is 7.34. The van der Waals surface area contributed by atoms with E-state index in [1.807, 2.05) is 6.07 Å². The molecule has 0 unspecified atom stereocenters. The van der Waals surface area contributed by atoms with E-state index >= 15 is 0 Å². The molecule has 120 valence electrons. The van der Waals surface area contributed by atoms with E-state index < -0.39 is 6.10 Å². The fourth-order valence-electron chi connectivity index (χ4n) is 2.11. The van der Waals surface area contributed by atoms with Gasteiger partial charge in [0, 0.05) is 5.56 Å². The SMILES string of the molecule is Cc1ccc(-c2noc([C@@H](C)Oc3ccc(C#N)cc3)n2)cc1F. The molecular weight excluding hydrogens is 309 g/mol. The van der Waals surface area contributed by atoms with E-state index in [-0.39, 0.29) is 11.7 Å². The van der Waals surface area contributed by atoms with Crippen LogP contribution in [0, 0.1) is 24.1 Å². The van der Waals surface area contributed by atoms with Gasteiger partial charge in [-0.3, -0.25) is 0 Å². The number of halogens is 1. The van der Waals surface area contributed by atoms with E-state index in [1.165, 1.54) is 6.07 Å². The van der Waals surface area contributed by atoms with Gasteiger partial charge in [0.15, 0.2) is 6.10 Å². The van der Waals surface area contributed by atoms with Gasteiger partial charge in [-0.25, -0.2) is 4.39 Å². The minimum Gasteiger partial charge on any atom is -0.481 e. The molecule has 0 fully saturated rings. The van der Waals surface area contributed by atoms with Crippen LogP contribution in [-0.4, -0.2) is 10.1 Å². The molecule has 5 nitrogen and oxygen atoms in total. The smallest absolute Gasteiger partial charge is 0.267 e. The number of hydrogen-bond acceptors (Lipinski definition) is 5. The van der Waals surface area contributed by atoms with Crippen LogP contribution in [0.5, 0.6) is 5.75 Å². The lowest BCUT2D eigenvalue weighted by molar-refractivity contribution is 0.176. The van der Waals surface area contributed by atoms with Crippen molar-refractivity contribution in [2.24, 2.45) is 0 Å². The van der Waals surface area contributed by atoms with Gasteiger partial charge in [0.1, 0.15) is 11.6 Å². The molecule has 0 aliphatic rings. The summed E-state index contributed by atoms with van der Waals surface area (Å²) in [6, 6.07) is 13.5. The van der Waals surface area contributed by atoms with E-state index in [9.17, 15) is 4.39 Å². The molecule has 0 N–H and O–H groups in total. The van der Waals surface area contributed by atoms with E-state index in [4.69, 9.17) is 14.5 Å². The normalized spacial score (nSPS) is 11.8.